The highest BCUT2D eigenvalue weighted by Crippen LogP contribution is 2.14. The Hall–Kier alpha value is -3.51. The highest BCUT2D eigenvalue weighted by molar-refractivity contribution is 5.94. The van der Waals surface area contributed by atoms with Crippen molar-refractivity contribution >= 4 is 5.91 Å². The van der Waals surface area contributed by atoms with E-state index in [1.165, 1.54) is 75.0 Å². The summed E-state index contributed by atoms with van der Waals surface area (Å²) in [6, 6.07) is 24.3. The highest BCUT2D eigenvalue weighted by atomic mass is 16.5. The van der Waals surface area contributed by atoms with Gasteiger partial charge in [0.15, 0.2) is 0 Å². The molecule has 4 fully saturated rings. The lowest BCUT2D eigenvalue weighted by molar-refractivity contribution is 0.0322. The molecule has 0 N–H and O–H groups in total. The summed E-state index contributed by atoms with van der Waals surface area (Å²) in [4.78, 5) is 23.6. The van der Waals surface area contributed by atoms with E-state index in [9.17, 15) is 4.79 Å². The van der Waals surface area contributed by atoms with E-state index >= 15 is 0 Å². The third kappa shape index (κ3) is 19.2. The van der Waals surface area contributed by atoms with Gasteiger partial charge >= 0.3 is 0 Å². The molecule has 0 spiro atoms. The minimum Gasteiger partial charge on any atom is -0.492 e. The van der Waals surface area contributed by atoms with Gasteiger partial charge in [0.1, 0.15) is 24.7 Å². The van der Waals surface area contributed by atoms with Crippen LogP contribution >= 0.6 is 0 Å². The predicted molar refractivity (Wildman–Crippen MR) is 233 cm³/mol. The number of amides is 1. The minimum atomic E-state index is 0.160. The number of aryl methyl sites for hydroxylation is 3. The molecular weight excluding hydrogens is 715 g/mol. The molecule has 0 radical (unpaired) electrons. The topological polar surface area (TPSA) is 70.2 Å². The number of hydrogen-bond acceptors (Lipinski definition) is 9. The van der Waals surface area contributed by atoms with Gasteiger partial charge in [-0.05, 0) is 116 Å². The Kier molecular flexibility index (Phi) is 22.1. The summed E-state index contributed by atoms with van der Waals surface area (Å²) in [5.41, 5.74) is 4.53. The van der Waals surface area contributed by atoms with E-state index in [1.807, 2.05) is 60.4 Å². The Bertz CT molecular complexity index is 1460. The first-order valence-electron chi connectivity index (χ1n) is 21.5. The van der Waals surface area contributed by atoms with Crippen molar-refractivity contribution in [2.75, 3.05) is 132 Å². The van der Waals surface area contributed by atoms with Gasteiger partial charge in [0.25, 0.3) is 5.91 Å². The van der Waals surface area contributed by atoms with Gasteiger partial charge in [-0.15, -0.1) is 0 Å². The van der Waals surface area contributed by atoms with Crippen molar-refractivity contribution in [3.63, 3.8) is 0 Å². The molecule has 0 atom stereocenters. The first-order valence-corrected chi connectivity index (χ1v) is 21.5. The molecule has 0 saturated carbocycles. The molecule has 3 aromatic rings. The van der Waals surface area contributed by atoms with Gasteiger partial charge in [0.05, 0.1) is 19.8 Å². The second kappa shape index (κ2) is 27.2. The number of benzene rings is 3. The molecule has 0 bridgehead atoms. The largest absolute Gasteiger partial charge is 0.492 e. The Labute approximate surface area is 345 Å². The highest BCUT2D eigenvalue weighted by Gasteiger charge is 2.20. The Balaban J connectivity index is 0.000000171. The predicted octanol–water partition coefficient (Wildman–Crippen LogP) is 6.68. The lowest BCUT2D eigenvalue weighted by atomic mass is 10.1. The fourth-order valence-electron chi connectivity index (χ4n) is 6.98. The van der Waals surface area contributed by atoms with Crippen LogP contribution in [0.5, 0.6) is 11.5 Å². The standard InChI is InChI=1S/C13H18N2O.C13H19NO2.C13H19NO.C8H17NO/c1-11-3-5-12(6-4-11)13(16)15-9-7-14(2)8-10-15;1-12-2-4-13(5-3-12)16-11-8-14-6-9-15-10-7-14;1-12-4-6-13(7-5-12)15-11-10-14-8-2-3-9-14;1-10-8-7-9-5-3-2-4-6-9/h3-6H,7-10H2,1-2H3;2-5H,6-11H2,1H3;4-7H,2-3,8-11H2,1H3;2-8H2,1H3. The van der Waals surface area contributed by atoms with Crippen molar-refractivity contribution in [2.45, 2.75) is 52.9 Å². The van der Waals surface area contributed by atoms with Crippen molar-refractivity contribution in [2.24, 2.45) is 0 Å². The summed E-state index contributed by atoms with van der Waals surface area (Å²) >= 11 is 0. The maximum Gasteiger partial charge on any atom is 0.253 e. The molecule has 0 aliphatic carbocycles. The lowest BCUT2D eigenvalue weighted by Crippen LogP contribution is -2.47. The van der Waals surface area contributed by atoms with Crippen LogP contribution in [0.4, 0.5) is 0 Å². The average Bonchev–Trinajstić information content (AvgIpc) is 3.77. The average molecular weight is 788 g/mol. The van der Waals surface area contributed by atoms with E-state index in [4.69, 9.17) is 18.9 Å². The summed E-state index contributed by atoms with van der Waals surface area (Å²) in [6.07, 6.45) is 6.88. The zero-order valence-electron chi connectivity index (χ0n) is 36.0. The van der Waals surface area contributed by atoms with Crippen molar-refractivity contribution in [3.05, 3.63) is 95.1 Å². The quantitative estimate of drug-likeness (QED) is 0.200. The SMILES string of the molecule is COCCN1CCCCC1.Cc1ccc(C(=O)N2CCN(C)CC2)cc1.Cc1ccc(OCCN2CCCC2)cc1.Cc1ccc(OCCN2CCOCC2)cc1. The molecule has 316 valence electrons. The van der Waals surface area contributed by atoms with Gasteiger partial charge in [-0.2, -0.15) is 0 Å². The number of piperazine rings is 1. The molecule has 10 nitrogen and oxygen atoms in total. The Morgan fingerprint density at radius 1 is 0.526 bits per heavy atom. The van der Waals surface area contributed by atoms with E-state index < -0.39 is 0 Å². The summed E-state index contributed by atoms with van der Waals surface area (Å²) in [7, 11) is 3.86. The summed E-state index contributed by atoms with van der Waals surface area (Å²) in [5, 5.41) is 0. The first kappa shape index (κ1) is 46.2. The van der Waals surface area contributed by atoms with Crippen LogP contribution in [-0.4, -0.2) is 163 Å². The smallest absolute Gasteiger partial charge is 0.253 e. The van der Waals surface area contributed by atoms with E-state index in [0.717, 1.165) is 109 Å². The molecule has 0 unspecified atom stereocenters. The number of nitrogens with zero attached hydrogens (tertiary/aromatic N) is 5. The normalized spacial score (nSPS) is 17.9. The number of piperidine rings is 1. The Morgan fingerprint density at radius 3 is 1.39 bits per heavy atom. The lowest BCUT2D eigenvalue weighted by Gasteiger charge is -2.32. The summed E-state index contributed by atoms with van der Waals surface area (Å²) < 4.78 is 21.7. The fraction of sp³-hybridized carbons (Fsp3) is 0.596. The van der Waals surface area contributed by atoms with Crippen molar-refractivity contribution < 1.29 is 23.7 Å². The molecule has 57 heavy (non-hydrogen) atoms. The number of likely N-dealkylation sites (N-methyl/N-ethyl adjacent to an activating group) is 1. The van der Waals surface area contributed by atoms with Gasteiger partial charge < -0.3 is 33.6 Å². The van der Waals surface area contributed by atoms with Crippen LogP contribution in [0.3, 0.4) is 0 Å². The molecule has 3 aromatic carbocycles. The number of rotatable bonds is 12. The number of methoxy groups -OCH3 is 1. The van der Waals surface area contributed by atoms with E-state index in [0.29, 0.717) is 0 Å². The van der Waals surface area contributed by atoms with Crippen LogP contribution in [-0.2, 0) is 9.47 Å². The molecule has 10 heteroatoms. The van der Waals surface area contributed by atoms with Crippen LogP contribution in [0.2, 0.25) is 0 Å². The molecule has 4 heterocycles. The van der Waals surface area contributed by atoms with Gasteiger partial charge in [-0.25, -0.2) is 0 Å². The van der Waals surface area contributed by atoms with Crippen molar-refractivity contribution in [1.29, 1.82) is 0 Å². The van der Waals surface area contributed by atoms with Crippen LogP contribution < -0.4 is 9.47 Å². The minimum absolute atomic E-state index is 0.160. The summed E-state index contributed by atoms with van der Waals surface area (Å²) in [6.45, 7) is 24.2. The molecule has 7 rings (SSSR count). The van der Waals surface area contributed by atoms with Gasteiger partial charge in [-0.3, -0.25) is 14.6 Å². The van der Waals surface area contributed by atoms with Gasteiger partial charge in [0.2, 0.25) is 0 Å². The third-order valence-corrected chi connectivity index (χ3v) is 10.8. The van der Waals surface area contributed by atoms with E-state index in [2.05, 4.69) is 64.8 Å². The van der Waals surface area contributed by atoms with Crippen LogP contribution in [0.1, 0.15) is 59.2 Å². The number of hydrogen-bond donors (Lipinski definition) is 0. The van der Waals surface area contributed by atoms with E-state index in [1.54, 1.807) is 7.11 Å². The van der Waals surface area contributed by atoms with Crippen LogP contribution in [0.25, 0.3) is 0 Å². The molecule has 4 saturated heterocycles. The third-order valence-electron chi connectivity index (χ3n) is 10.8. The second-order valence-corrected chi connectivity index (χ2v) is 15.7. The van der Waals surface area contributed by atoms with E-state index in [-0.39, 0.29) is 5.91 Å². The van der Waals surface area contributed by atoms with Crippen LogP contribution in [0.15, 0.2) is 72.8 Å². The zero-order chi connectivity index (χ0) is 40.5. The second-order valence-electron chi connectivity index (χ2n) is 15.7. The number of morpholine rings is 1. The molecule has 1 amide bonds. The van der Waals surface area contributed by atoms with Gasteiger partial charge in [0, 0.05) is 71.6 Å². The monoisotopic (exact) mass is 788 g/mol. The summed E-state index contributed by atoms with van der Waals surface area (Å²) in [5.74, 6) is 2.10. The molecule has 0 aromatic heterocycles. The number of likely N-dealkylation sites (tertiary alicyclic amines) is 2. The first-order chi connectivity index (χ1) is 27.8. The Morgan fingerprint density at radius 2 is 0.930 bits per heavy atom. The molecular formula is C47H73N5O5. The maximum atomic E-state index is 12.1. The van der Waals surface area contributed by atoms with Crippen LogP contribution in [0, 0.1) is 20.8 Å². The van der Waals surface area contributed by atoms with Crippen molar-refractivity contribution in [3.8, 4) is 11.5 Å². The molecule has 4 aliphatic heterocycles. The van der Waals surface area contributed by atoms with Gasteiger partial charge in [-0.1, -0.05) is 59.5 Å². The maximum absolute atomic E-state index is 12.1. The fourth-order valence-corrected chi connectivity index (χ4v) is 6.98. The van der Waals surface area contributed by atoms with Crippen molar-refractivity contribution in [1.82, 2.24) is 24.5 Å². The number of carbonyl (C=O) groups excluding carboxylic acids is 1. The number of ether oxygens (including phenoxy) is 4. The molecule has 4 aliphatic rings. The number of carbonyl (C=O) groups is 1. The zero-order valence-corrected chi connectivity index (χ0v) is 36.0.